The molecule has 3 rings (SSSR count). The minimum Gasteiger partial charge on any atom is -0.461 e. The Morgan fingerprint density at radius 1 is 1.13 bits per heavy atom. The van der Waals surface area contributed by atoms with Crippen LogP contribution < -0.4 is 10.9 Å². The summed E-state index contributed by atoms with van der Waals surface area (Å²) in [5.74, 6) is -1.60. The molecule has 0 atom stereocenters. The van der Waals surface area contributed by atoms with Crippen molar-refractivity contribution in [3.63, 3.8) is 0 Å². The molecule has 2 heterocycles. The SMILES string of the molecule is CC(=O)NC(=O)c1cc2c(COC(C)=O)cnc(C)c2oc1=Nc1ccc(C)cc1. The summed E-state index contributed by atoms with van der Waals surface area (Å²) in [5.41, 5.74) is 3.32. The van der Waals surface area contributed by atoms with Crippen molar-refractivity contribution in [2.75, 3.05) is 0 Å². The number of nitrogens with one attached hydrogen (secondary N) is 1. The molecule has 8 nitrogen and oxygen atoms in total. The van der Waals surface area contributed by atoms with Crippen LogP contribution in [-0.2, 0) is 20.9 Å². The van der Waals surface area contributed by atoms with Crippen LogP contribution in [0.25, 0.3) is 11.0 Å². The summed E-state index contributed by atoms with van der Waals surface area (Å²) < 4.78 is 11.0. The van der Waals surface area contributed by atoms with E-state index in [0.717, 1.165) is 5.56 Å². The van der Waals surface area contributed by atoms with E-state index in [1.165, 1.54) is 13.8 Å². The van der Waals surface area contributed by atoms with Crippen LogP contribution in [0.1, 0.15) is 41.0 Å². The van der Waals surface area contributed by atoms with Crippen molar-refractivity contribution in [3.8, 4) is 0 Å². The maximum absolute atomic E-state index is 12.7. The van der Waals surface area contributed by atoms with Gasteiger partial charge >= 0.3 is 5.97 Å². The van der Waals surface area contributed by atoms with Crippen molar-refractivity contribution in [1.82, 2.24) is 10.3 Å². The third kappa shape index (κ3) is 4.78. The number of carbonyl (C=O) groups is 3. The van der Waals surface area contributed by atoms with Crippen molar-refractivity contribution in [1.29, 1.82) is 0 Å². The molecule has 154 valence electrons. The zero-order valence-electron chi connectivity index (χ0n) is 17.1. The number of aromatic nitrogens is 1. The van der Waals surface area contributed by atoms with Gasteiger partial charge < -0.3 is 9.15 Å². The summed E-state index contributed by atoms with van der Waals surface area (Å²) >= 11 is 0. The molecule has 3 aromatic rings. The minimum atomic E-state index is -0.646. The first-order valence-electron chi connectivity index (χ1n) is 9.23. The van der Waals surface area contributed by atoms with Gasteiger partial charge in [0.05, 0.1) is 11.4 Å². The van der Waals surface area contributed by atoms with Crippen LogP contribution >= 0.6 is 0 Å². The molecule has 0 bridgehead atoms. The first-order valence-corrected chi connectivity index (χ1v) is 9.23. The van der Waals surface area contributed by atoms with Crippen molar-refractivity contribution in [2.45, 2.75) is 34.3 Å². The number of hydrogen-bond acceptors (Lipinski definition) is 7. The summed E-state index contributed by atoms with van der Waals surface area (Å²) in [6.45, 7) is 6.23. The number of fused-ring (bicyclic) bond motifs is 1. The average Bonchev–Trinajstić information content (AvgIpc) is 2.68. The predicted octanol–water partition coefficient (Wildman–Crippen LogP) is 3.02. The van der Waals surface area contributed by atoms with E-state index in [9.17, 15) is 14.4 Å². The third-order valence-electron chi connectivity index (χ3n) is 4.28. The van der Waals surface area contributed by atoms with Crippen LogP contribution in [0.5, 0.6) is 0 Å². The quantitative estimate of drug-likeness (QED) is 0.666. The van der Waals surface area contributed by atoms with Crippen molar-refractivity contribution < 1.29 is 23.5 Å². The fourth-order valence-electron chi connectivity index (χ4n) is 2.79. The largest absolute Gasteiger partial charge is 0.461 e. The molecule has 0 saturated carbocycles. The summed E-state index contributed by atoms with van der Waals surface area (Å²) in [6, 6.07) is 8.93. The van der Waals surface area contributed by atoms with E-state index in [2.05, 4.69) is 15.3 Å². The highest BCUT2D eigenvalue weighted by atomic mass is 16.5. The Morgan fingerprint density at radius 3 is 2.47 bits per heavy atom. The smallest absolute Gasteiger partial charge is 0.302 e. The zero-order valence-corrected chi connectivity index (χ0v) is 17.1. The summed E-state index contributed by atoms with van der Waals surface area (Å²) in [5, 5.41) is 2.79. The van der Waals surface area contributed by atoms with Gasteiger partial charge in [-0.05, 0) is 32.0 Å². The molecule has 30 heavy (non-hydrogen) atoms. The monoisotopic (exact) mass is 407 g/mol. The van der Waals surface area contributed by atoms with E-state index in [1.54, 1.807) is 31.3 Å². The molecular formula is C22H21N3O5. The lowest BCUT2D eigenvalue weighted by molar-refractivity contribution is -0.142. The summed E-state index contributed by atoms with van der Waals surface area (Å²) in [4.78, 5) is 44.1. The molecule has 1 aromatic carbocycles. The van der Waals surface area contributed by atoms with E-state index in [4.69, 9.17) is 9.15 Å². The summed E-state index contributed by atoms with van der Waals surface area (Å²) in [6.07, 6.45) is 1.56. The molecule has 0 fully saturated rings. The first kappa shape index (κ1) is 20.9. The molecule has 8 heteroatoms. The van der Waals surface area contributed by atoms with E-state index in [1.807, 2.05) is 19.1 Å². The fraction of sp³-hybridized carbons (Fsp3) is 0.227. The molecule has 2 amide bonds. The van der Waals surface area contributed by atoms with Gasteiger partial charge in [0.1, 0.15) is 12.2 Å². The number of esters is 1. The normalized spacial score (nSPS) is 11.4. The highest BCUT2D eigenvalue weighted by Crippen LogP contribution is 2.22. The first-order chi connectivity index (χ1) is 14.2. The molecule has 0 spiro atoms. The minimum absolute atomic E-state index is 0.0309. The number of benzene rings is 1. The summed E-state index contributed by atoms with van der Waals surface area (Å²) in [7, 11) is 0. The number of nitrogens with zero attached hydrogens (tertiary/aromatic N) is 2. The standard InChI is InChI=1S/C22H21N3O5/c1-12-5-7-17(8-6-12)25-22-19(21(28)24-14(3)26)9-18-16(11-29-15(4)27)10-23-13(2)20(18)30-22/h5-10H,11H2,1-4H3,(H,24,26,28). The van der Waals surface area contributed by atoms with Crippen LogP contribution in [0.2, 0.25) is 0 Å². The molecular weight excluding hydrogens is 386 g/mol. The van der Waals surface area contributed by atoms with Crippen LogP contribution in [0.3, 0.4) is 0 Å². The van der Waals surface area contributed by atoms with E-state index in [0.29, 0.717) is 27.9 Å². The third-order valence-corrected chi connectivity index (χ3v) is 4.28. The molecule has 0 aliphatic carbocycles. The molecule has 0 radical (unpaired) electrons. The number of imide groups is 1. The van der Waals surface area contributed by atoms with Crippen LogP contribution in [0, 0.1) is 13.8 Å². The van der Waals surface area contributed by atoms with Gasteiger partial charge in [-0.2, -0.15) is 0 Å². The topological polar surface area (TPSA) is 111 Å². The number of amides is 2. The Morgan fingerprint density at radius 2 is 1.83 bits per heavy atom. The average molecular weight is 407 g/mol. The van der Waals surface area contributed by atoms with Gasteiger partial charge in [-0.3, -0.25) is 24.7 Å². The Labute approximate surface area is 172 Å². The Hall–Kier alpha value is -3.81. The number of carbonyl (C=O) groups excluding carboxylic acids is 3. The van der Waals surface area contributed by atoms with Crippen LogP contribution in [0.15, 0.2) is 45.9 Å². The zero-order chi connectivity index (χ0) is 21.8. The predicted molar refractivity (Wildman–Crippen MR) is 109 cm³/mol. The lowest BCUT2D eigenvalue weighted by atomic mass is 10.1. The van der Waals surface area contributed by atoms with E-state index >= 15 is 0 Å². The highest BCUT2D eigenvalue weighted by molar-refractivity contribution is 6.05. The molecule has 2 aromatic heterocycles. The van der Waals surface area contributed by atoms with Gasteiger partial charge in [0.2, 0.25) is 11.5 Å². The van der Waals surface area contributed by atoms with Gasteiger partial charge in [0.25, 0.3) is 5.91 Å². The van der Waals surface area contributed by atoms with Crippen LogP contribution in [-0.4, -0.2) is 22.8 Å². The number of hydrogen-bond donors (Lipinski definition) is 1. The molecule has 0 aliphatic rings. The second-order valence-corrected chi connectivity index (χ2v) is 6.81. The van der Waals surface area contributed by atoms with E-state index < -0.39 is 17.8 Å². The molecule has 1 N–H and O–H groups in total. The van der Waals surface area contributed by atoms with Gasteiger partial charge in [0, 0.05) is 31.0 Å². The Kier molecular flexibility index (Phi) is 6.06. The van der Waals surface area contributed by atoms with Gasteiger partial charge in [-0.15, -0.1) is 0 Å². The number of ether oxygens (including phenoxy) is 1. The van der Waals surface area contributed by atoms with Gasteiger partial charge in [-0.25, -0.2) is 4.99 Å². The lowest BCUT2D eigenvalue weighted by Gasteiger charge is -2.10. The lowest BCUT2D eigenvalue weighted by Crippen LogP contribution is -2.32. The Bertz CT molecular complexity index is 1210. The second kappa shape index (κ2) is 8.69. The van der Waals surface area contributed by atoms with Crippen molar-refractivity contribution >= 4 is 34.4 Å². The highest BCUT2D eigenvalue weighted by Gasteiger charge is 2.17. The second-order valence-electron chi connectivity index (χ2n) is 6.81. The number of aryl methyl sites for hydroxylation is 2. The van der Waals surface area contributed by atoms with Crippen molar-refractivity contribution in [3.05, 3.63) is 64.5 Å². The maximum Gasteiger partial charge on any atom is 0.302 e. The molecule has 0 aliphatic heterocycles. The van der Waals surface area contributed by atoms with Gasteiger partial charge in [-0.1, -0.05) is 17.7 Å². The Balaban J connectivity index is 2.26. The maximum atomic E-state index is 12.7. The van der Waals surface area contributed by atoms with Crippen LogP contribution in [0.4, 0.5) is 5.69 Å². The molecule has 0 unspecified atom stereocenters. The fourth-order valence-corrected chi connectivity index (χ4v) is 2.79. The van der Waals surface area contributed by atoms with Crippen molar-refractivity contribution in [2.24, 2.45) is 4.99 Å². The number of rotatable bonds is 4. The number of pyridine rings is 1. The molecule has 0 saturated heterocycles. The van der Waals surface area contributed by atoms with Gasteiger partial charge in [0.15, 0.2) is 5.58 Å². The van der Waals surface area contributed by atoms with E-state index in [-0.39, 0.29) is 17.7 Å².